The molecular weight excluding hydrogens is 407 g/mol. The molecular formula is C18H14ClF5N2O2. The van der Waals surface area contributed by atoms with Crippen LogP contribution in [0.4, 0.5) is 27.6 Å². The summed E-state index contributed by atoms with van der Waals surface area (Å²) in [5.41, 5.74) is -0.990. The lowest BCUT2D eigenvalue weighted by Gasteiger charge is -2.36. The summed E-state index contributed by atoms with van der Waals surface area (Å²) in [6.45, 7) is -0.437. The third-order valence-corrected chi connectivity index (χ3v) is 4.64. The molecule has 3 rings (SSSR count). The van der Waals surface area contributed by atoms with E-state index < -0.39 is 40.7 Å². The maximum atomic E-state index is 13.9. The highest BCUT2D eigenvalue weighted by molar-refractivity contribution is 6.32. The lowest BCUT2D eigenvalue weighted by molar-refractivity contribution is -0.133. The predicted octanol–water partition coefficient (Wildman–Crippen LogP) is 3.76. The second kappa shape index (κ2) is 8.22. The lowest BCUT2D eigenvalue weighted by Crippen LogP contribution is -2.50. The van der Waals surface area contributed by atoms with Gasteiger partial charge in [-0.1, -0.05) is 23.7 Å². The van der Waals surface area contributed by atoms with Crippen LogP contribution in [-0.4, -0.2) is 43.6 Å². The van der Waals surface area contributed by atoms with Gasteiger partial charge in [0.05, 0.1) is 5.02 Å². The largest absolute Gasteiger partial charge is 0.482 e. The second-order valence-corrected chi connectivity index (χ2v) is 6.41. The van der Waals surface area contributed by atoms with Gasteiger partial charge < -0.3 is 14.5 Å². The molecule has 0 unspecified atom stereocenters. The van der Waals surface area contributed by atoms with Crippen LogP contribution in [-0.2, 0) is 4.79 Å². The number of hydrogen-bond donors (Lipinski definition) is 0. The lowest BCUT2D eigenvalue weighted by atomic mass is 10.2. The molecule has 1 saturated heterocycles. The zero-order valence-electron chi connectivity index (χ0n) is 14.3. The first-order chi connectivity index (χ1) is 13.3. The molecule has 4 nitrogen and oxygen atoms in total. The minimum absolute atomic E-state index is 0.0320. The van der Waals surface area contributed by atoms with Gasteiger partial charge >= 0.3 is 0 Å². The fraction of sp³-hybridized carbons (Fsp3) is 0.278. The normalized spacial score (nSPS) is 14.4. The Kier molecular flexibility index (Phi) is 5.93. The van der Waals surface area contributed by atoms with E-state index in [1.54, 1.807) is 24.3 Å². The zero-order valence-corrected chi connectivity index (χ0v) is 15.1. The first kappa shape index (κ1) is 20.2. The summed E-state index contributed by atoms with van der Waals surface area (Å²) in [5.74, 6) is -10.0. The Bertz CT molecular complexity index is 875. The van der Waals surface area contributed by atoms with Crippen LogP contribution in [0, 0.1) is 29.1 Å². The minimum atomic E-state index is -2.20. The van der Waals surface area contributed by atoms with Gasteiger partial charge in [-0.2, -0.15) is 0 Å². The molecule has 1 aliphatic heterocycles. The first-order valence-electron chi connectivity index (χ1n) is 8.22. The smallest absolute Gasteiger partial charge is 0.260 e. The number of amides is 1. The first-order valence-corrected chi connectivity index (χ1v) is 8.60. The monoisotopic (exact) mass is 420 g/mol. The summed E-state index contributed by atoms with van der Waals surface area (Å²) in [7, 11) is 0. The molecule has 2 aromatic rings. The fourth-order valence-electron chi connectivity index (χ4n) is 2.84. The summed E-state index contributed by atoms with van der Waals surface area (Å²) in [6, 6.07) is 6.59. The quantitative estimate of drug-likeness (QED) is 0.429. The van der Waals surface area contributed by atoms with E-state index in [0.717, 1.165) is 4.90 Å². The Morgan fingerprint density at radius 3 is 2.00 bits per heavy atom. The Labute approximate surface area is 162 Å². The van der Waals surface area contributed by atoms with Crippen LogP contribution < -0.4 is 9.64 Å². The van der Waals surface area contributed by atoms with Crippen molar-refractivity contribution in [1.29, 1.82) is 0 Å². The molecule has 0 bridgehead atoms. The number of anilines is 1. The molecule has 1 heterocycles. The molecule has 0 atom stereocenters. The summed E-state index contributed by atoms with van der Waals surface area (Å²) < 4.78 is 73.1. The number of para-hydroxylation sites is 1. The maximum Gasteiger partial charge on any atom is 0.260 e. The fourth-order valence-corrected chi connectivity index (χ4v) is 3.03. The highest BCUT2D eigenvalue weighted by Gasteiger charge is 2.31. The van der Waals surface area contributed by atoms with Crippen LogP contribution in [0.15, 0.2) is 24.3 Å². The van der Waals surface area contributed by atoms with Crippen molar-refractivity contribution in [3.63, 3.8) is 0 Å². The Balaban J connectivity index is 1.63. The number of piperazine rings is 1. The molecule has 1 fully saturated rings. The second-order valence-electron chi connectivity index (χ2n) is 6.01. The molecule has 1 aliphatic rings. The molecule has 0 aromatic heterocycles. The van der Waals surface area contributed by atoms with Crippen LogP contribution in [0.1, 0.15) is 0 Å². The topological polar surface area (TPSA) is 32.8 Å². The van der Waals surface area contributed by atoms with Gasteiger partial charge in [-0.05, 0) is 12.1 Å². The highest BCUT2D eigenvalue weighted by Crippen LogP contribution is 2.31. The van der Waals surface area contributed by atoms with E-state index in [1.807, 2.05) is 0 Å². The summed E-state index contributed by atoms with van der Waals surface area (Å²) >= 11 is 5.93. The molecule has 0 aliphatic carbocycles. The van der Waals surface area contributed by atoms with Crippen LogP contribution in [0.5, 0.6) is 5.75 Å². The van der Waals surface area contributed by atoms with Crippen molar-refractivity contribution in [1.82, 2.24) is 4.90 Å². The van der Waals surface area contributed by atoms with Crippen molar-refractivity contribution in [2.24, 2.45) is 0 Å². The summed E-state index contributed by atoms with van der Waals surface area (Å²) in [6.07, 6.45) is 0. The summed E-state index contributed by atoms with van der Waals surface area (Å²) in [5, 5.41) is 0.339. The van der Waals surface area contributed by atoms with Gasteiger partial charge in [-0.3, -0.25) is 4.79 Å². The molecule has 1 amide bonds. The number of carbonyl (C=O) groups excluding carboxylic acids is 1. The zero-order chi connectivity index (χ0) is 20.4. The van der Waals surface area contributed by atoms with E-state index in [-0.39, 0.29) is 32.8 Å². The van der Waals surface area contributed by atoms with Crippen molar-refractivity contribution < 1.29 is 31.5 Å². The average molecular weight is 421 g/mol. The number of halogens is 6. The van der Waals surface area contributed by atoms with Gasteiger partial charge in [0, 0.05) is 26.2 Å². The number of carbonyl (C=O) groups is 1. The van der Waals surface area contributed by atoms with Crippen molar-refractivity contribution in [3.05, 3.63) is 58.4 Å². The summed E-state index contributed by atoms with van der Waals surface area (Å²) in [4.78, 5) is 14.6. The van der Waals surface area contributed by atoms with Crippen LogP contribution in [0.3, 0.4) is 0 Å². The Morgan fingerprint density at radius 2 is 1.43 bits per heavy atom. The van der Waals surface area contributed by atoms with Crippen molar-refractivity contribution in [2.75, 3.05) is 37.7 Å². The van der Waals surface area contributed by atoms with Crippen molar-refractivity contribution in [3.8, 4) is 5.75 Å². The van der Waals surface area contributed by atoms with Crippen LogP contribution in [0.25, 0.3) is 0 Å². The molecule has 0 radical (unpaired) electrons. The van der Waals surface area contributed by atoms with Crippen LogP contribution in [0.2, 0.25) is 5.02 Å². The molecule has 2 aromatic carbocycles. The van der Waals surface area contributed by atoms with Gasteiger partial charge in [0.1, 0.15) is 11.4 Å². The number of nitrogens with zero attached hydrogens (tertiary/aromatic N) is 2. The van der Waals surface area contributed by atoms with Crippen LogP contribution >= 0.6 is 11.6 Å². The molecule has 150 valence electrons. The number of rotatable bonds is 4. The molecule has 10 heteroatoms. The molecule has 28 heavy (non-hydrogen) atoms. The van der Waals surface area contributed by atoms with E-state index in [2.05, 4.69) is 0 Å². The minimum Gasteiger partial charge on any atom is -0.482 e. The average Bonchev–Trinajstić information content (AvgIpc) is 2.70. The van der Waals surface area contributed by atoms with E-state index in [0.29, 0.717) is 10.8 Å². The van der Waals surface area contributed by atoms with Gasteiger partial charge in [-0.15, -0.1) is 0 Å². The van der Waals surface area contributed by atoms with Gasteiger partial charge in [0.2, 0.25) is 5.82 Å². The Morgan fingerprint density at radius 1 is 0.893 bits per heavy atom. The third kappa shape index (κ3) is 3.84. The van der Waals surface area contributed by atoms with Gasteiger partial charge in [0.15, 0.2) is 29.9 Å². The Hall–Kier alpha value is -2.55. The third-order valence-electron chi connectivity index (χ3n) is 4.32. The standard InChI is InChI=1S/C18H14ClF5N2O2/c19-10-3-1-2-4-11(10)28-9-12(27)25-5-7-26(8-6-25)18-16(23)14(21)13(20)15(22)17(18)24/h1-4H,5-9H2. The number of benzene rings is 2. The molecule has 0 spiro atoms. The number of hydrogen-bond acceptors (Lipinski definition) is 3. The van der Waals surface area contributed by atoms with E-state index >= 15 is 0 Å². The maximum absolute atomic E-state index is 13.9. The molecule has 0 saturated carbocycles. The SMILES string of the molecule is O=C(COc1ccccc1Cl)N1CCN(c2c(F)c(F)c(F)c(F)c2F)CC1. The van der Waals surface area contributed by atoms with Gasteiger partial charge in [0.25, 0.3) is 5.91 Å². The van der Waals surface area contributed by atoms with E-state index in [9.17, 15) is 26.7 Å². The van der Waals surface area contributed by atoms with Crippen molar-refractivity contribution >= 4 is 23.2 Å². The van der Waals surface area contributed by atoms with Gasteiger partial charge in [-0.25, -0.2) is 22.0 Å². The molecule has 0 N–H and O–H groups in total. The van der Waals surface area contributed by atoms with E-state index in [4.69, 9.17) is 16.3 Å². The number of ether oxygens (including phenoxy) is 1. The van der Waals surface area contributed by atoms with E-state index in [1.165, 1.54) is 4.90 Å². The highest BCUT2D eigenvalue weighted by atomic mass is 35.5. The van der Waals surface area contributed by atoms with Crippen molar-refractivity contribution in [2.45, 2.75) is 0 Å². The predicted molar refractivity (Wildman–Crippen MR) is 92.0 cm³/mol.